The molecule has 9 heteroatoms. The van der Waals surface area contributed by atoms with Crippen LogP contribution in [0.5, 0.6) is 0 Å². The summed E-state index contributed by atoms with van der Waals surface area (Å²) in [5.41, 5.74) is 2.87. The molecular formula is C24H23N5O3S. The summed E-state index contributed by atoms with van der Waals surface area (Å²) in [6, 6.07) is 22.5. The Kier molecular flexibility index (Phi) is 6.62. The molecule has 1 atom stereocenters. The van der Waals surface area contributed by atoms with Crippen molar-refractivity contribution < 1.29 is 13.2 Å². The summed E-state index contributed by atoms with van der Waals surface area (Å²) in [5.74, 6) is -0.358. The lowest BCUT2D eigenvalue weighted by molar-refractivity contribution is 0.0939. The predicted molar refractivity (Wildman–Crippen MR) is 124 cm³/mol. The van der Waals surface area contributed by atoms with Gasteiger partial charge in [0.1, 0.15) is 12.7 Å². The number of nitrogens with one attached hydrogen (secondary N) is 2. The van der Waals surface area contributed by atoms with Crippen LogP contribution in [0, 0.1) is 0 Å². The largest absolute Gasteiger partial charge is 0.346 e. The number of hydrogen-bond donors (Lipinski definition) is 2. The Morgan fingerprint density at radius 1 is 1.00 bits per heavy atom. The van der Waals surface area contributed by atoms with Crippen LogP contribution in [-0.2, 0) is 16.6 Å². The highest BCUT2D eigenvalue weighted by atomic mass is 32.2. The average Bonchev–Trinajstić information content (AvgIpc) is 3.39. The van der Waals surface area contributed by atoms with E-state index in [4.69, 9.17) is 0 Å². The Bertz CT molecular complexity index is 1320. The summed E-state index contributed by atoms with van der Waals surface area (Å²) in [6.07, 6.45) is 3.07. The van der Waals surface area contributed by atoms with E-state index in [1.54, 1.807) is 23.1 Å². The fraction of sp³-hybridized carbons (Fsp3) is 0.125. The summed E-state index contributed by atoms with van der Waals surface area (Å²) in [4.78, 5) is 16.8. The molecule has 0 aliphatic heterocycles. The van der Waals surface area contributed by atoms with Crippen molar-refractivity contribution in [1.82, 2.24) is 24.8 Å². The molecular weight excluding hydrogens is 438 g/mol. The molecule has 4 rings (SSSR count). The predicted octanol–water partition coefficient (Wildman–Crippen LogP) is 3.24. The first kappa shape index (κ1) is 22.4. The minimum atomic E-state index is -3.76. The van der Waals surface area contributed by atoms with Gasteiger partial charge in [0, 0.05) is 12.1 Å². The molecule has 0 spiro atoms. The monoisotopic (exact) mass is 461 g/mol. The zero-order valence-corrected chi connectivity index (χ0v) is 18.7. The number of aromatic nitrogens is 3. The molecule has 33 heavy (non-hydrogen) atoms. The van der Waals surface area contributed by atoms with Gasteiger partial charge in [-0.1, -0.05) is 48.5 Å². The molecule has 0 saturated carbocycles. The van der Waals surface area contributed by atoms with Crippen LogP contribution in [0.25, 0.3) is 5.69 Å². The van der Waals surface area contributed by atoms with Gasteiger partial charge in [0.25, 0.3) is 5.91 Å². The number of hydrogen-bond acceptors (Lipinski definition) is 5. The smallest absolute Gasteiger partial charge is 0.251 e. The van der Waals surface area contributed by atoms with Gasteiger partial charge in [-0.25, -0.2) is 22.8 Å². The second kappa shape index (κ2) is 9.76. The first-order valence-electron chi connectivity index (χ1n) is 10.3. The number of amides is 1. The Morgan fingerprint density at radius 2 is 1.76 bits per heavy atom. The van der Waals surface area contributed by atoms with Crippen LogP contribution in [0.4, 0.5) is 0 Å². The van der Waals surface area contributed by atoms with E-state index in [-0.39, 0.29) is 29.0 Å². The number of carbonyl (C=O) groups is 1. The Labute approximate surface area is 192 Å². The van der Waals surface area contributed by atoms with E-state index in [1.165, 1.54) is 18.5 Å². The van der Waals surface area contributed by atoms with E-state index in [0.29, 0.717) is 0 Å². The van der Waals surface area contributed by atoms with Gasteiger partial charge in [0.15, 0.2) is 0 Å². The zero-order chi connectivity index (χ0) is 23.3. The highest BCUT2D eigenvalue weighted by Crippen LogP contribution is 2.17. The molecule has 0 saturated heterocycles. The lowest BCUT2D eigenvalue weighted by atomic mass is 10.1. The van der Waals surface area contributed by atoms with Crippen LogP contribution in [0.3, 0.4) is 0 Å². The molecule has 168 valence electrons. The van der Waals surface area contributed by atoms with E-state index in [9.17, 15) is 13.2 Å². The van der Waals surface area contributed by atoms with Crippen LogP contribution in [0.2, 0.25) is 0 Å². The van der Waals surface area contributed by atoms with Crippen molar-refractivity contribution >= 4 is 15.9 Å². The standard InChI is InChI=1S/C24H23N5O3S/c1-18(20-10-12-22(13-11-20)29-17-25-16-26-29)28-24(30)21-8-5-9-23(14-21)33(31,32)27-15-19-6-3-2-4-7-19/h2-14,16-18,27H,15H2,1H3,(H,28,30)/t18-/m1/s1. The molecule has 1 amide bonds. The maximum absolute atomic E-state index is 12.8. The van der Waals surface area contributed by atoms with Crippen LogP contribution < -0.4 is 10.0 Å². The van der Waals surface area contributed by atoms with Crippen molar-refractivity contribution in [2.24, 2.45) is 0 Å². The molecule has 0 bridgehead atoms. The topological polar surface area (TPSA) is 106 Å². The first-order valence-corrected chi connectivity index (χ1v) is 11.8. The Morgan fingerprint density at radius 3 is 2.45 bits per heavy atom. The molecule has 0 fully saturated rings. The van der Waals surface area contributed by atoms with E-state index in [1.807, 2.05) is 61.5 Å². The van der Waals surface area contributed by atoms with Crippen molar-refractivity contribution in [3.05, 3.63) is 108 Å². The summed E-state index contributed by atoms with van der Waals surface area (Å²) in [5, 5.41) is 7.00. The maximum atomic E-state index is 12.8. The quantitative estimate of drug-likeness (QED) is 0.419. The van der Waals surface area contributed by atoms with Gasteiger partial charge in [-0.3, -0.25) is 4.79 Å². The molecule has 4 aromatic rings. The lowest BCUT2D eigenvalue weighted by Crippen LogP contribution is -2.27. The van der Waals surface area contributed by atoms with Gasteiger partial charge >= 0.3 is 0 Å². The highest BCUT2D eigenvalue weighted by molar-refractivity contribution is 7.89. The third-order valence-electron chi connectivity index (χ3n) is 5.14. The van der Waals surface area contributed by atoms with E-state index in [2.05, 4.69) is 20.1 Å². The summed E-state index contributed by atoms with van der Waals surface area (Å²) >= 11 is 0. The summed E-state index contributed by atoms with van der Waals surface area (Å²) in [6.45, 7) is 2.03. The van der Waals surface area contributed by atoms with Crippen molar-refractivity contribution in [2.75, 3.05) is 0 Å². The van der Waals surface area contributed by atoms with E-state index >= 15 is 0 Å². The maximum Gasteiger partial charge on any atom is 0.251 e. The fourth-order valence-electron chi connectivity index (χ4n) is 3.28. The average molecular weight is 462 g/mol. The normalized spacial score (nSPS) is 12.3. The van der Waals surface area contributed by atoms with Crippen LogP contribution >= 0.6 is 0 Å². The second-order valence-corrected chi connectivity index (χ2v) is 9.23. The van der Waals surface area contributed by atoms with Crippen molar-refractivity contribution in [2.45, 2.75) is 24.4 Å². The third kappa shape index (κ3) is 5.51. The fourth-order valence-corrected chi connectivity index (χ4v) is 4.35. The SMILES string of the molecule is C[C@@H](NC(=O)c1cccc(S(=O)(=O)NCc2ccccc2)c1)c1ccc(-n2cncn2)cc1. The van der Waals surface area contributed by atoms with Crippen molar-refractivity contribution in [3.8, 4) is 5.69 Å². The van der Waals surface area contributed by atoms with Gasteiger partial charge in [-0.15, -0.1) is 0 Å². The van der Waals surface area contributed by atoms with Crippen molar-refractivity contribution in [1.29, 1.82) is 0 Å². The number of carbonyl (C=O) groups excluding carboxylic acids is 1. The van der Waals surface area contributed by atoms with E-state index < -0.39 is 10.0 Å². The Balaban J connectivity index is 1.42. The van der Waals surface area contributed by atoms with Gasteiger partial charge in [-0.05, 0) is 48.4 Å². The van der Waals surface area contributed by atoms with Crippen LogP contribution in [0.15, 0.2) is 96.4 Å². The zero-order valence-electron chi connectivity index (χ0n) is 17.9. The molecule has 0 aliphatic carbocycles. The molecule has 3 aromatic carbocycles. The van der Waals surface area contributed by atoms with Crippen molar-refractivity contribution in [3.63, 3.8) is 0 Å². The lowest BCUT2D eigenvalue weighted by Gasteiger charge is -2.15. The number of nitrogens with zero attached hydrogens (tertiary/aromatic N) is 3. The van der Waals surface area contributed by atoms with Gasteiger partial charge in [-0.2, -0.15) is 5.10 Å². The third-order valence-corrected chi connectivity index (χ3v) is 6.54. The Hall–Kier alpha value is -3.82. The molecule has 0 radical (unpaired) electrons. The summed E-state index contributed by atoms with van der Waals surface area (Å²) in [7, 11) is -3.76. The number of benzene rings is 3. The highest BCUT2D eigenvalue weighted by Gasteiger charge is 2.17. The van der Waals surface area contributed by atoms with Gasteiger partial charge < -0.3 is 5.32 Å². The molecule has 1 heterocycles. The minimum absolute atomic E-state index is 0.0379. The molecule has 0 aliphatic rings. The van der Waals surface area contributed by atoms with Crippen LogP contribution in [-0.4, -0.2) is 29.1 Å². The molecule has 1 aromatic heterocycles. The van der Waals surface area contributed by atoms with E-state index in [0.717, 1.165) is 16.8 Å². The first-order chi connectivity index (χ1) is 15.9. The summed E-state index contributed by atoms with van der Waals surface area (Å²) < 4.78 is 29.6. The number of sulfonamides is 1. The van der Waals surface area contributed by atoms with Gasteiger partial charge in [0.05, 0.1) is 16.6 Å². The van der Waals surface area contributed by atoms with Gasteiger partial charge in [0.2, 0.25) is 10.0 Å². The molecule has 8 nitrogen and oxygen atoms in total. The minimum Gasteiger partial charge on any atom is -0.346 e. The second-order valence-electron chi connectivity index (χ2n) is 7.46. The molecule has 2 N–H and O–H groups in total. The molecule has 0 unspecified atom stereocenters. The van der Waals surface area contributed by atoms with Crippen LogP contribution in [0.1, 0.15) is 34.5 Å². The number of rotatable bonds is 8.